The molecule has 0 saturated heterocycles. The number of amides is 1. The minimum Gasteiger partial charge on any atom is -0.321 e. The van der Waals surface area contributed by atoms with Gasteiger partial charge >= 0.3 is 0 Å². The molecule has 0 fully saturated rings. The SMILES string of the molecule is Cc1cc(C(=O)Nc2ccc(CCCl)cc2)sc1Br. The van der Waals surface area contributed by atoms with Crippen molar-refractivity contribution in [2.75, 3.05) is 11.2 Å². The van der Waals surface area contributed by atoms with Gasteiger partial charge in [0.1, 0.15) is 0 Å². The van der Waals surface area contributed by atoms with Gasteiger partial charge in [-0.1, -0.05) is 12.1 Å². The lowest BCUT2D eigenvalue weighted by atomic mass is 10.1. The average Bonchev–Trinajstić information content (AvgIpc) is 2.72. The lowest BCUT2D eigenvalue weighted by Crippen LogP contribution is -2.10. The molecular weight excluding hydrogens is 346 g/mol. The van der Waals surface area contributed by atoms with Crippen LogP contribution in [0.3, 0.4) is 0 Å². The zero-order valence-corrected chi connectivity index (χ0v) is 13.5. The molecule has 0 radical (unpaired) electrons. The molecule has 0 unspecified atom stereocenters. The molecule has 2 aromatic rings. The minimum atomic E-state index is -0.0797. The summed E-state index contributed by atoms with van der Waals surface area (Å²) in [5, 5.41) is 2.89. The number of carbonyl (C=O) groups excluding carboxylic acids is 1. The van der Waals surface area contributed by atoms with Gasteiger partial charge < -0.3 is 5.32 Å². The highest BCUT2D eigenvalue weighted by Crippen LogP contribution is 2.27. The number of rotatable bonds is 4. The van der Waals surface area contributed by atoms with Gasteiger partial charge in [-0.3, -0.25) is 4.79 Å². The third-order valence-electron chi connectivity index (χ3n) is 2.68. The van der Waals surface area contributed by atoms with E-state index in [1.54, 1.807) is 0 Å². The van der Waals surface area contributed by atoms with Crippen LogP contribution < -0.4 is 5.32 Å². The van der Waals surface area contributed by atoms with Crippen LogP contribution in [0.5, 0.6) is 0 Å². The second-order valence-corrected chi connectivity index (χ2v) is 6.91. The fourth-order valence-corrected chi connectivity index (χ4v) is 3.28. The molecule has 0 aliphatic carbocycles. The molecule has 1 amide bonds. The number of halogens is 2. The van der Waals surface area contributed by atoms with E-state index in [0.717, 1.165) is 21.5 Å². The summed E-state index contributed by atoms with van der Waals surface area (Å²) in [5.74, 6) is 0.526. The third-order valence-corrected chi connectivity index (χ3v) is 5.00. The van der Waals surface area contributed by atoms with Crippen molar-refractivity contribution in [1.29, 1.82) is 0 Å². The summed E-state index contributed by atoms with van der Waals surface area (Å²) >= 11 is 10.5. The van der Waals surface area contributed by atoms with Crippen molar-refractivity contribution < 1.29 is 4.79 Å². The molecule has 1 N–H and O–H groups in total. The monoisotopic (exact) mass is 357 g/mol. The van der Waals surface area contributed by atoms with Gasteiger partial charge in [-0.2, -0.15) is 0 Å². The molecule has 0 spiro atoms. The van der Waals surface area contributed by atoms with E-state index in [2.05, 4.69) is 21.2 Å². The Balaban J connectivity index is 2.06. The highest BCUT2D eigenvalue weighted by Gasteiger charge is 2.11. The molecular formula is C14H13BrClNOS. The number of thiophene rings is 1. The fourth-order valence-electron chi connectivity index (χ4n) is 1.63. The topological polar surface area (TPSA) is 29.1 Å². The average molecular weight is 359 g/mol. The molecule has 0 aliphatic heterocycles. The van der Waals surface area contributed by atoms with Crippen molar-refractivity contribution >= 4 is 50.5 Å². The lowest BCUT2D eigenvalue weighted by molar-refractivity contribution is 0.103. The molecule has 5 heteroatoms. The predicted octanol–water partition coefficient (Wildman–Crippen LogP) is 4.85. The zero-order valence-electron chi connectivity index (χ0n) is 10.4. The Bertz CT molecular complexity index is 560. The van der Waals surface area contributed by atoms with Gasteiger partial charge in [-0.15, -0.1) is 22.9 Å². The Morgan fingerprint density at radius 2 is 2.05 bits per heavy atom. The van der Waals surface area contributed by atoms with E-state index in [-0.39, 0.29) is 5.91 Å². The molecule has 19 heavy (non-hydrogen) atoms. The summed E-state index contributed by atoms with van der Waals surface area (Å²) in [4.78, 5) is 12.8. The van der Waals surface area contributed by atoms with E-state index in [4.69, 9.17) is 11.6 Å². The molecule has 1 aromatic heterocycles. The first-order valence-corrected chi connectivity index (χ1v) is 7.96. The number of carbonyl (C=O) groups is 1. The Hall–Kier alpha value is -0.840. The second-order valence-electron chi connectivity index (χ2n) is 4.16. The van der Waals surface area contributed by atoms with E-state index in [1.165, 1.54) is 16.9 Å². The molecule has 1 aromatic carbocycles. The van der Waals surface area contributed by atoms with Crippen LogP contribution in [0.15, 0.2) is 34.1 Å². The second kappa shape index (κ2) is 6.55. The summed E-state index contributed by atoms with van der Waals surface area (Å²) in [6.07, 6.45) is 0.840. The van der Waals surface area contributed by atoms with E-state index >= 15 is 0 Å². The first-order chi connectivity index (χ1) is 9.10. The lowest BCUT2D eigenvalue weighted by Gasteiger charge is -2.04. The van der Waals surface area contributed by atoms with E-state index in [1.807, 2.05) is 37.3 Å². The van der Waals surface area contributed by atoms with Gasteiger partial charge in [0.2, 0.25) is 0 Å². The summed E-state index contributed by atoms with van der Waals surface area (Å²) in [6.45, 7) is 1.97. The van der Waals surface area contributed by atoms with Gasteiger partial charge in [0.15, 0.2) is 0 Å². The summed E-state index contributed by atoms with van der Waals surface area (Å²) in [7, 11) is 0. The largest absolute Gasteiger partial charge is 0.321 e. The molecule has 2 rings (SSSR count). The Morgan fingerprint density at radius 1 is 1.37 bits per heavy atom. The van der Waals surface area contributed by atoms with E-state index in [9.17, 15) is 4.79 Å². The van der Waals surface area contributed by atoms with Crippen LogP contribution in [0, 0.1) is 6.92 Å². The standard InChI is InChI=1S/C14H13BrClNOS/c1-9-8-12(19-13(9)15)14(18)17-11-4-2-10(3-5-11)6-7-16/h2-5,8H,6-7H2,1H3,(H,17,18). The minimum absolute atomic E-state index is 0.0797. The van der Waals surface area contributed by atoms with Crippen LogP contribution in [0.25, 0.3) is 0 Å². The molecule has 0 saturated carbocycles. The van der Waals surface area contributed by atoms with Crippen LogP contribution in [-0.4, -0.2) is 11.8 Å². The van der Waals surface area contributed by atoms with Crippen LogP contribution in [0.4, 0.5) is 5.69 Å². The first-order valence-electron chi connectivity index (χ1n) is 5.82. The van der Waals surface area contributed by atoms with Crippen molar-refractivity contribution in [3.05, 3.63) is 50.1 Å². The van der Waals surface area contributed by atoms with Crippen molar-refractivity contribution in [3.63, 3.8) is 0 Å². The van der Waals surface area contributed by atoms with Crippen molar-refractivity contribution in [2.45, 2.75) is 13.3 Å². The first kappa shape index (κ1) is 14.6. The number of aryl methyl sites for hydroxylation is 2. The maximum absolute atomic E-state index is 12.0. The maximum atomic E-state index is 12.0. The Labute approximate surface area is 129 Å². The van der Waals surface area contributed by atoms with Gasteiger partial charge in [0.25, 0.3) is 5.91 Å². The van der Waals surface area contributed by atoms with Gasteiger partial charge in [-0.25, -0.2) is 0 Å². The number of benzene rings is 1. The zero-order chi connectivity index (χ0) is 13.8. The van der Waals surface area contributed by atoms with Crippen molar-refractivity contribution in [1.82, 2.24) is 0 Å². The van der Waals surface area contributed by atoms with Gasteiger partial charge in [0, 0.05) is 11.6 Å². The highest BCUT2D eigenvalue weighted by molar-refractivity contribution is 9.11. The maximum Gasteiger partial charge on any atom is 0.265 e. The van der Waals surface area contributed by atoms with Gasteiger partial charge in [0.05, 0.1) is 8.66 Å². The molecule has 1 heterocycles. The molecule has 0 bridgehead atoms. The van der Waals surface area contributed by atoms with Gasteiger partial charge in [-0.05, 0) is 58.6 Å². The quantitative estimate of drug-likeness (QED) is 0.778. The van der Waals surface area contributed by atoms with Crippen LogP contribution in [-0.2, 0) is 6.42 Å². The summed E-state index contributed by atoms with van der Waals surface area (Å²) in [6, 6.07) is 9.64. The van der Waals surface area contributed by atoms with Crippen molar-refractivity contribution in [3.8, 4) is 0 Å². The number of nitrogens with one attached hydrogen (secondary N) is 1. The van der Waals surface area contributed by atoms with E-state index < -0.39 is 0 Å². The molecule has 0 aliphatic rings. The predicted molar refractivity (Wildman–Crippen MR) is 85.6 cm³/mol. The molecule has 2 nitrogen and oxygen atoms in total. The number of hydrogen-bond donors (Lipinski definition) is 1. The highest BCUT2D eigenvalue weighted by atomic mass is 79.9. The number of hydrogen-bond acceptors (Lipinski definition) is 2. The van der Waals surface area contributed by atoms with E-state index in [0.29, 0.717) is 10.8 Å². The van der Waals surface area contributed by atoms with Crippen molar-refractivity contribution in [2.24, 2.45) is 0 Å². The van der Waals surface area contributed by atoms with Crippen LogP contribution >= 0.6 is 38.9 Å². The smallest absolute Gasteiger partial charge is 0.265 e. The normalized spacial score (nSPS) is 10.5. The summed E-state index contributed by atoms with van der Waals surface area (Å²) in [5.41, 5.74) is 3.04. The molecule has 100 valence electrons. The summed E-state index contributed by atoms with van der Waals surface area (Å²) < 4.78 is 0.995. The Morgan fingerprint density at radius 3 is 2.58 bits per heavy atom. The third kappa shape index (κ3) is 3.81. The Kier molecular flexibility index (Phi) is 5.02. The fraction of sp³-hybridized carbons (Fsp3) is 0.214. The molecule has 0 atom stereocenters. The number of alkyl halides is 1. The van der Waals surface area contributed by atoms with Crippen LogP contribution in [0.2, 0.25) is 0 Å². The van der Waals surface area contributed by atoms with Crippen LogP contribution in [0.1, 0.15) is 20.8 Å². The number of anilines is 1.